The lowest BCUT2D eigenvalue weighted by Crippen LogP contribution is -2.33. The van der Waals surface area contributed by atoms with Crippen LogP contribution in [0, 0.1) is 0 Å². The summed E-state index contributed by atoms with van der Waals surface area (Å²) in [6.45, 7) is 4.69. The zero-order valence-electron chi connectivity index (χ0n) is 11.1. The van der Waals surface area contributed by atoms with Gasteiger partial charge in [-0.15, -0.1) is 11.3 Å². The summed E-state index contributed by atoms with van der Waals surface area (Å²) in [5.74, 6) is 0. The van der Waals surface area contributed by atoms with Crippen molar-refractivity contribution < 1.29 is 9.90 Å². The molecule has 1 fully saturated rings. The molecule has 0 aromatic carbocycles. The summed E-state index contributed by atoms with van der Waals surface area (Å²) in [4.78, 5) is 17.8. The molecule has 5 heteroatoms. The van der Waals surface area contributed by atoms with Crippen molar-refractivity contribution in [3.8, 4) is 0 Å². The Hall–Kier alpha value is -1.07. The predicted molar refractivity (Wildman–Crippen MR) is 75.6 cm³/mol. The molecule has 19 heavy (non-hydrogen) atoms. The summed E-state index contributed by atoms with van der Waals surface area (Å²) in [6, 6.07) is 2.23. The summed E-state index contributed by atoms with van der Waals surface area (Å²) in [5.41, 5.74) is 1.23. The number of amides is 1. The topological polar surface area (TPSA) is 43.8 Å². The Morgan fingerprint density at radius 1 is 1.26 bits per heavy atom. The number of fused-ring (bicyclic) bond motifs is 1. The highest BCUT2D eigenvalue weighted by molar-refractivity contribution is 7.12. The fourth-order valence-electron chi connectivity index (χ4n) is 2.97. The van der Waals surface area contributed by atoms with Gasteiger partial charge in [0, 0.05) is 22.8 Å². The predicted octanol–water partition coefficient (Wildman–Crippen LogP) is 2.77. The van der Waals surface area contributed by atoms with Crippen LogP contribution < -0.4 is 0 Å². The third-order valence-corrected chi connectivity index (χ3v) is 5.24. The van der Waals surface area contributed by atoms with Gasteiger partial charge >= 0.3 is 6.09 Å². The first-order valence-corrected chi connectivity index (χ1v) is 7.85. The molecule has 1 saturated heterocycles. The van der Waals surface area contributed by atoms with E-state index in [4.69, 9.17) is 5.11 Å². The summed E-state index contributed by atoms with van der Waals surface area (Å²) in [5, 5.41) is 9.05. The van der Waals surface area contributed by atoms with E-state index in [0.717, 1.165) is 13.0 Å². The number of carbonyl (C=O) groups is 1. The third kappa shape index (κ3) is 2.92. The molecule has 0 saturated carbocycles. The fraction of sp³-hybridized carbons (Fsp3) is 0.643. The Kier molecular flexibility index (Phi) is 3.75. The standard InChI is InChI=1S/C14H20N2O2S/c17-14(18)16-7-4-13-11(9-16)8-12(19-13)10-15-5-2-1-3-6-15/h8H,1-7,9-10H2,(H,17,18). The number of likely N-dealkylation sites (tertiary alicyclic amines) is 1. The lowest BCUT2D eigenvalue weighted by Gasteiger charge is -2.25. The van der Waals surface area contributed by atoms with Crippen molar-refractivity contribution in [2.75, 3.05) is 19.6 Å². The van der Waals surface area contributed by atoms with Crippen molar-refractivity contribution in [2.24, 2.45) is 0 Å². The van der Waals surface area contributed by atoms with E-state index >= 15 is 0 Å². The fourth-order valence-corrected chi connectivity index (χ4v) is 4.19. The Morgan fingerprint density at radius 2 is 2.05 bits per heavy atom. The molecule has 1 amide bonds. The van der Waals surface area contributed by atoms with Crippen molar-refractivity contribution in [1.82, 2.24) is 9.80 Å². The van der Waals surface area contributed by atoms with Gasteiger partial charge in [-0.2, -0.15) is 0 Å². The molecule has 3 rings (SSSR count). The number of rotatable bonds is 2. The highest BCUT2D eigenvalue weighted by atomic mass is 32.1. The largest absolute Gasteiger partial charge is 0.465 e. The SMILES string of the molecule is O=C(O)N1CCc2sc(CN3CCCCC3)cc2C1. The van der Waals surface area contributed by atoms with Crippen molar-refractivity contribution >= 4 is 17.4 Å². The smallest absolute Gasteiger partial charge is 0.407 e. The number of carboxylic acid groups (broad SMARTS) is 1. The van der Waals surface area contributed by atoms with Crippen molar-refractivity contribution in [3.05, 3.63) is 21.4 Å². The molecule has 2 aliphatic rings. The molecular formula is C14H20N2O2S. The number of nitrogens with zero attached hydrogens (tertiary/aromatic N) is 2. The molecule has 1 N–H and O–H groups in total. The van der Waals surface area contributed by atoms with Gasteiger partial charge in [0.1, 0.15) is 0 Å². The van der Waals surface area contributed by atoms with E-state index < -0.39 is 6.09 Å². The molecule has 0 bridgehead atoms. The van der Waals surface area contributed by atoms with E-state index in [0.29, 0.717) is 13.1 Å². The zero-order chi connectivity index (χ0) is 13.2. The van der Waals surface area contributed by atoms with Crippen LogP contribution in [0.1, 0.15) is 34.6 Å². The van der Waals surface area contributed by atoms with Crippen molar-refractivity contribution in [3.63, 3.8) is 0 Å². The van der Waals surface area contributed by atoms with Gasteiger partial charge in [-0.3, -0.25) is 4.90 Å². The van der Waals surface area contributed by atoms with Gasteiger partial charge in [-0.05, 0) is 44.0 Å². The number of thiophene rings is 1. The van der Waals surface area contributed by atoms with Crippen LogP contribution in [0.4, 0.5) is 4.79 Å². The minimum Gasteiger partial charge on any atom is -0.465 e. The van der Waals surface area contributed by atoms with E-state index in [-0.39, 0.29) is 0 Å². The molecule has 1 aromatic heterocycles. The van der Waals surface area contributed by atoms with E-state index in [1.165, 1.54) is 52.6 Å². The van der Waals surface area contributed by atoms with Crippen LogP contribution in [0.25, 0.3) is 0 Å². The van der Waals surface area contributed by atoms with Crippen molar-refractivity contribution in [2.45, 2.75) is 38.8 Å². The molecule has 3 heterocycles. The van der Waals surface area contributed by atoms with Crippen LogP contribution >= 0.6 is 11.3 Å². The van der Waals surface area contributed by atoms with E-state index in [1.54, 1.807) is 0 Å². The lowest BCUT2D eigenvalue weighted by molar-refractivity contribution is 0.140. The normalized spacial score (nSPS) is 20.3. The average Bonchev–Trinajstić information content (AvgIpc) is 2.80. The van der Waals surface area contributed by atoms with Crippen LogP contribution in [-0.4, -0.2) is 40.6 Å². The van der Waals surface area contributed by atoms with Gasteiger partial charge in [0.05, 0.1) is 6.54 Å². The van der Waals surface area contributed by atoms with Gasteiger partial charge < -0.3 is 10.0 Å². The highest BCUT2D eigenvalue weighted by Gasteiger charge is 2.22. The Morgan fingerprint density at radius 3 is 2.79 bits per heavy atom. The summed E-state index contributed by atoms with van der Waals surface area (Å²) >= 11 is 1.88. The Labute approximate surface area is 117 Å². The summed E-state index contributed by atoms with van der Waals surface area (Å²) < 4.78 is 0. The van der Waals surface area contributed by atoms with E-state index in [1.807, 2.05) is 11.3 Å². The molecule has 0 aliphatic carbocycles. The van der Waals surface area contributed by atoms with Crippen LogP contribution in [0.15, 0.2) is 6.07 Å². The maximum atomic E-state index is 11.0. The monoisotopic (exact) mass is 280 g/mol. The second-order valence-corrected chi connectivity index (χ2v) is 6.67. The van der Waals surface area contributed by atoms with Gasteiger partial charge in [0.2, 0.25) is 0 Å². The molecule has 0 atom stereocenters. The Balaban J connectivity index is 1.67. The molecule has 1 aromatic rings. The second-order valence-electron chi connectivity index (χ2n) is 5.45. The number of hydrogen-bond donors (Lipinski definition) is 1. The van der Waals surface area contributed by atoms with Crippen molar-refractivity contribution in [1.29, 1.82) is 0 Å². The van der Waals surface area contributed by atoms with Gasteiger partial charge in [-0.1, -0.05) is 6.42 Å². The highest BCUT2D eigenvalue weighted by Crippen LogP contribution is 2.29. The maximum absolute atomic E-state index is 11.0. The number of piperidine rings is 1. The van der Waals surface area contributed by atoms with Gasteiger partial charge in [0.25, 0.3) is 0 Å². The van der Waals surface area contributed by atoms with Crippen LogP contribution in [-0.2, 0) is 19.5 Å². The van der Waals surface area contributed by atoms with Crippen LogP contribution in [0.3, 0.4) is 0 Å². The second kappa shape index (κ2) is 5.51. The first-order valence-electron chi connectivity index (χ1n) is 7.03. The van der Waals surface area contributed by atoms with Crippen LogP contribution in [0.5, 0.6) is 0 Å². The molecular weight excluding hydrogens is 260 g/mol. The zero-order valence-corrected chi connectivity index (χ0v) is 11.9. The Bertz CT molecular complexity index is 466. The molecule has 0 spiro atoms. The van der Waals surface area contributed by atoms with E-state index in [2.05, 4.69) is 11.0 Å². The molecule has 0 unspecified atom stereocenters. The molecule has 4 nitrogen and oxygen atoms in total. The average molecular weight is 280 g/mol. The quantitative estimate of drug-likeness (QED) is 0.906. The minimum absolute atomic E-state index is 0.571. The first-order chi connectivity index (χ1) is 9.22. The molecule has 2 aliphatic heterocycles. The minimum atomic E-state index is -0.797. The summed E-state index contributed by atoms with van der Waals surface area (Å²) in [6.07, 6.45) is 4.09. The number of hydrogen-bond acceptors (Lipinski definition) is 3. The lowest BCUT2D eigenvalue weighted by atomic mass is 10.1. The van der Waals surface area contributed by atoms with Gasteiger partial charge in [-0.25, -0.2) is 4.79 Å². The first kappa shape index (κ1) is 12.9. The van der Waals surface area contributed by atoms with Crippen LogP contribution in [0.2, 0.25) is 0 Å². The summed E-state index contributed by atoms with van der Waals surface area (Å²) in [7, 11) is 0. The molecule has 0 radical (unpaired) electrons. The maximum Gasteiger partial charge on any atom is 0.407 e. The third-order valence-electron chi connectivity index (χ3n) is 4.02. The molecule has 104 valence electrons. The van der Waals surface area contributed by atoms with Gasteiger partial charge in [0.15, 0.2) is 0 Å². The van der Waals surface area contributed by atoms with E-state index in [9.17, 15) is 4.79 Å².